The number of sulfonamides is 1. The van der Waals surface area contributed by atoms with E-state index in [9.17, 15) is 18.6 Å². The summed E-state index contributed by atoms with van der Waals surface area (Å²) in [5.41, 5.74) is 3.07. The van der Waals surface area contributed by atoms with Gasteiger partial charge in [0, 0.05) is 18.7 Å². The van der Waals surface area contributed by atoms with Gasteiger partial charge in [-0.3, -0.25) is 4.98 Å². The maximum Gasteiger partial charge on any atom is 0.224 e. The summed E-state index contributed by atoms with van der Waals surface area (Å²) in [5.74, 6) is 0.704. The molecule has 11 nitrogen and oxygen atoms in total. The quantitative estimate of drug-likeness (QED) is 0.273. The van der Waals surface area contributed by atoms with E-state index in [2.05, 4.69) is 25.3 Å². The first kappa shape index (κ1) is 25.2. The summed E-state index contributed by atoms with van der Waals surface area (Å²) in [6.07, 6.45) is 2.06. The lowest BCUT2D eigenvalue weighted by Crippen LogP contribution is -2.37. The Balaban J connectivity index is 1.50. The van der Waals surface area contributed by atoms with Crippen molar-refractivity contribution in [1.29, 1.82) is 0 Å². The second kappa shape index (κ2) is 9.78. The third kappa shape index (κ3) is 5.16. The summed E-state index contributed by atoms with van der Waals surface area (Å²) >= 11 is 1.51. The van der Waals surface area contributed by atoms with Crippen molar-refractivity contribution in [3.63, 3.8) is 0 Å². The van der Waals surface area contributed by atoms with Gasteiger partial charge in [-0.15, -0.1) is 11.3 Å². The largest absolute Gasteiger partial charge is 0.390 e. The summed E-state index contributed by atoms with van der Waals surface area (Å²) < 4.78 is 27.4. The molecule has 0 bridgehead atoms. The molecule has 0 spiro atoms. The number of aromatic nitrogens is 4. The second-order valence-corrected chi connectivity index (χ2v) is 12.7. The summed E-state index contributed by atoms with van der Waals surface area (Å²) in [5, 5.41) is 28.7. The van der Waals surface area contributed by atoms with Gasteiger partial charge in [0.1, 0.15) is 22.4 Å². The van der Waals surface area contributed by atoms with Crippen LogP contribution in [0, 0.1) is 25.7 Å². The third-order valence-corrected chi connectivity index (χ3v) is 9.44. The van der Waals surface area contributed by atoms with E-state index in [-0.39, 0.29) is 12.2 Å². The van der Waals surface area contributed by atoms with Gasteiger partial charge in [0.05, 0.1) is 39.5 Å². The molecule has 0 aromatic carbocycles. The van der Waals surface area contributed by atoms with E-state index in [0.29, 0.717) is 23.2 Å². The first-order chi connectivity index (χ1) is 17.1. The van der Waals surface area contributed by atoms with Crippen molar-refractivity contribution >= 4 is 43.3 Å². The number of pyridine rings is 1. The minimum absolute atomic E-state index is 0.263. The van der Waals surface area contributed by atoms with Crippen molar-refractivity contribution < 1.29 is 18.6 Å². The molecule has 5 N–H and O–H groups in total. The molecule has 2 aliphatic carbocycles. The molecule has 0 radical (unpaired) electrons. The van der Waals surface area contributed by atoms with Crippen molar-refractivity contribution in [2.24, 2.45) is 11.8 Å². The Bertz CT molecular complexity index is 1380. The van der Waals surface area contributed by atoms with Crippen LogP contribution in [0.3, 0.4) is 0 Å². The molecular formula is C23H31N7O4S2. The maximum atomic E-state index is 12.1. The average molecular weight is 534 g/mol. The number of rotatable bonds is 9. The molecule has 13 heteroatoms. The first-order valence-corrected chi connectivity index (χ1v) is 14.5. The van der Waals surface area contributed by atoms with E-state index in [0.717, 1.165) is 33.2 Å². The number of hydrogen-bond acceptors (Lipinski definition) is 11. The molecule has 3 aromatic rings. The Morgan fingerprint density at radius 2 is 1.89 bits per heavy atom. The van der Waals surface area contributed by atoms with E-state index >= 15 is 0 Å². The van der Waals surface area contributed by atoms with Gasteiger partial charge in [-0.2, -0.15) is 4.98 Å². The van der Waals surface area contributed by atoms with E-state index < -0.39 is 34.2 Å². The van der Waals surface area contributed by atoms with Crippen LogP contribution in [0.15, 0.2) is 12.3 Å². The fourth-order valence-corrected chi connectivity index (χ4v) is 6.81. The fraction of sp³-hybridized carbons (Fsp3) is 0.565. The number of fused-ring (bicyclic) bond motifs is 1. The number of thiazole rings is 1. The van der Waals surface area contributed by atoms with Crippen molar-refractivity contribution in [3.8, 4) is 10.6 Å². The minimum Gasteiger partial charge on any atom is -0.390 e. The number of anilines is 2. The van der Waals surface area contributed by atoms with Gasteiger partial charge < -0.3 is 20.8 Å². The van der Waals surface area contributed by atoms with Crippen molar-refractivity contribution in [2.45, 2.75) is 51.4 Å². The van der Waals surface area contributed by atoms with Crippen LogP contribution in [0.25, 0.3) is 20.8 Å². The first-order valence-electron chi connectivity index (χ1n) is 12.0. The highest BCUT2D eigenvalue weighted by Crippen LogP contribution is 2.39. The van der Waals surface area contributed by atoms with Gasteiger partial charge in [0.15, 0.2) is 0 Å². The molecule has 5 rings (SSSR count). The number of aliphatic hydroxyl groups is 2. The molecule has 0 saturated heterocycles. The lowest BCUT2D eigenvalue weighted by Gasteiger charge is -2.21. The molecule has 1 unspecified atom stereocenters. The fourth-order valence-electron chi connectivity index (χ4n) is 4.63. The smallest absolute Gasteiger partial charge is 0.224 e. The molecule has 36 heavy (non-hydrogen) atoms. The number of aliphatic hydroxyl groups excluding tert-OH is 2. The average Bonchev–Trinajstić information content (AvgIpc) is 3.51. The Morgan fingerprint density at radius 3 is 2.58 bits per heavy atom. The minimum atomic E-state index is -3.55. The lowest BCUT2D eigenvalue weighted by molar-refractivity contribution is 0.0216. The molecule has 3 aromatic heterocycles. The molecule has 0 amide bonds. The van der Waals surface area contributed by atoms with Crippen molar-refractivity contribution in [2.75, 3.05) is 30.0 Å². The number of nitrogens with zero attached hydrogens (tertiary/aromatic N) is 4. The topological polar surface area (TPSA) is 162 Å². The highest BCUT2D eigenvalue weighted by Gasteiger charge is 2.43. The van der Waals surface area contributed by atoms with Crippen LogP contribution < -0.4 is 15.4 Å². The standard InChI is InChI=1S/C23H31N7O4S2/c1-11-17(22-29-18-12(2)25-7-6-16(18)35-22)21(30-23(27-11)26-9-13-4-5-13)28-15-8-14(19(31)20(15)32)10-36(33,34)24-3/h6-7,13-15,19-20,24,31-32H,4-5,8-10H2,1-3H3,(H2,26,27,28,30)/t14-,15?,19-,20+/m1/s1. The Hall–Kier alpha value is -2.45. The van der Waals surface area contributed by atoms with Crippen LogP contribution in [0.4, 0.5) is 11.8 Å². The predicted molar refractivity (Wildman–Crippen MR) is 140 cm³/mol. The number of hydrogen-bond donors (Lipinski definition) is 5. The molecule has 0 aliphatic heterocycles. The van der Waals surface area contributed by atoms with Crippen LogP contribution in [-0.2, 0) is 10.0 Å². The normalized spacial score (nSPS) is 24.4. The highest BCUT2D eigenvalue weighted by molar-refractivity contribution is 7.89. The summed E-state index contributed by atoms with van der Waals surface area (Å²) in [4.78, 5) is 18.6. The molecule has 2 fully saturated rings. The highest BCUT2D eigenvalue weighted by atomic mass is 32.2. The molecule has 3 heterocycles. The van der Waals surface area contributed by atoms with Gasteiger partial charge in [0.2, 0.25) is 16.0 Å². The van der Waals surface area contributed by atoms with Crippen LogP contribution in [0.1, 0.15) is 30.7 Å². The molecule has 2 aliphatic rings. The van der Waals surface area contributed by atoms with E-state index in [1.807, 2.05) is 19.9 Å². The monoisotopic (exact) mass is 533 g/mol. The van der Waals surface area contributed by atoms with E-state index in [1.165, 1.54) is 31.2 Å². The molecule has 2 saturated carbocycles. The van der Waals surface area contributed by atoms with Gasteiger partial charge in [-0.05, 0) is 52.1 Å². The zero-order chi connectivity index (χ0) is 25.6. The van der Waals surface area contributed by atoms with Crippen LogP contribution in [0.5, 0.6) is 0 Å². The summed E-state index contributed by atoms with van der Waals surface area (Å²) in [7, 11) is -2.21. The van der Waals surface area contributed by atoms with Crippen LogP contribution in [0.2, 0.25) is 0 Å². The Kier molecular flexibility index (Phi) is 6.85. The van der Waals surface area contributed by atoms with Crippen molar-refractivity contribution in [3.05, 3.63) is 23.7 Å². The van der Waals surface area contributed by atoms with Crippen LogP contribution in [-0.4, -0.2) is 76.2 Å². The van der Waals surface area contributed by atoms with Crippen molar-refractivity contribution in [1.82, 2.24) is 24.7 Å². The SMILES string of the molecule is CNS(=O)(=O)C[C@H]1CC(Nc2nc(NCC3CC3)nc(C)c2-c2nc3c(C)nccc3s2)[C@H](O)[C@@H]1O. The van der Waals surface area contributed by atoms with Gasteiger partial charge in [-0.1, -0.05) is 0 Å². The summed E-state index contributed by atoms with van der Waals surface area (Å²) in [6.45, 7) is 4.59. The van der Waals surface area contributed by atoms with Gasteiger partial charge >= 0.3 is 0 Å². The molecule has 194 valence electrons. The zero-order valence-electron chi connectivity index (χ0n) is 20.4. The Labute approximate surface area is 213 Å². The molecule has 4 atom stereocenters. The summed E-state index contributed by atoms with van der Waals surface area (Å²) in [6, 6.07) is 1.32. The van der Waals surface area contributed by atoms with E-state index in [4.69, 9.17) is 9.97 Å². The zero-order valence-corrected chi connectivity index (χ0v) is 22.0. The Morgan fingerprint density at radius 1 is 1.11 bits per heavy atom. The lowest BCUT2D eigenvalue weighted by atomic mass is 10.1. The van der Waals surface area contributed by atoms with E-state index in [1.54, 1.807) is 6.20 Å². The van der Waals surface area contributed by atoms with Gasteiger partial charge in [-0.25, -0.2) is 23.1 Å². The molecular weight excluding hydrogens is 502 g/mol. The number of nitrogens with one attached hydrogen (secondary N) is 3. The van der Waals surface area contributed by atoms with Crippen LogP contribution >= 0.6 is 11.3 Å². The third-order valence-electron chi connectivity index (χ3n) is 6.91. The number of aryl methyl sites for hydroxylation is 2. The maximum absolute atomic E-state index is 12.1. The predicted octanol–water partition coefficient (Wildman–Crippen LogP) is 1.66. The second-order valence-electron chi connectivity index (χ2n) is 9.66. The van der Waals surface area contributed by atoms with Gasteiger partial charge in [0.25, 0.3) is 0 Å².